The minimum absolute atomic E-state index is 0.0582. The SMILES string of the molecule is Cc1cn2cc(-c3cc(=O)n4cc(N5CCN6CCC[C@@]6(C)C5)ccc4n3)cc(C)c2n1. The fourth-order valence-electron chi connectivity index (χ4n) is 5.55. The van der Waals surface area contributed by atoms with Gasteiger partial charge in [0.2, 0.25) is 0 Å². The van der Waals surface area contributed by atoms with E-state index in [9.17, 15) is 4.79 Å². The topological polar surface area (TPSA) is 58.2 Å². The van der Waals surface area contributed by atoms with Crippen molar-refractivity contribution in [3.05, 3.63) is 64.5 Å². The van der Waals surface area contributed by atoms with E-state index in [0.717, 1.165) is 47.8 Å². The first-order chi connectivity index (χ1) is 15.4. The Balaban J connectivity index is 1.38. The normalized spacial score (nSPS) is 21.5. The van der Waals surface area contributed by atoms with Crippen molar-refractivity contribution >= 4 is 17.0 Å². The third kappa shape index (κ3) is 3.03. The van der Waals surface area contributed by atoms with Crippen LogP contribution in [0, 0.1) is 13.8 Å². The lowest BCUT2D eigenvalue weighted by atomic mass is 9.95. The molecule has 4 aromatic heterocycles. The van der Waals surface area contributed by atoms with Crippen molar-refractivity contribution in [1.29, 1.82) is 0 Å². The molecule has 0 N–H and O–H groups in total. The van der Waals surface area contributed by atoms with E-state index in [1.54, 1.807) is 10.5 Å². The summed E-state index contributed by atoms with van der Waals surface area (Å²) in [6.45, 7) is 10.7. The van der Waals surface area contributed by atoms with Gasteiger partial charge in [-0.25, -0.2) is 9.97 Å². The van der Waals surface area contributed by atoms with Crippen molar-refractivity contribution in [1.82, 2.24) is 23.7 Å². The lowest BCUT2D eigenvalue weighted by molar-refractivity contribution is 0.138. The van der Waals surface area contributed by atoms with Gasteiger partial charge in [0.25, 0.3) is 5.56 Å². The van der Waals surface area contributed by atoms with Gasteiger partial charge < -0.3 is 9.30 Å². The van der Waals surface area contributed by atoms with Crippen LogP contribution in [0.3, 0.4) is 0 Å². The lowest BCUT2D eigenvalue weighted by Crippen LogP contribution is -2.57. The van der Waals surface area contributed by atoms with Crippen LogP contribution < -0.4 is 10.5 Å². The van der Waals surface area contributed by atoms with Crippen molar-refractivity contribution < 1.29 is 0 Å². The molecule has 0 aromatic carbocycles. The van der Waals surface area contributed by atoms with Crippen LogP contribution in [-0.2, 0) is 0 Å². The zero-order valence-corrected chi connectivity index (χ0v) is 18.9. The van der Waals surface area contributed by atoms with Gasteiger partial charge in [-0.05, 0) is 63.9 Å². The molecule has 7 nitrogen and oxygen atoms in total. The Morgan fingerprint density at radius 2 is 1.88 bits per heavy atom. The van der Waals surface area contributed by atoms with Crippen molar-refractivity contribution in [2.75, 3.05) is 31.1 Å². The molecule has 6 rings (SSSR count). The Labute approximate surface area is 186 Å². The van der Waals surface area contributed by atoms with Crippen molar-refractivity contribution in [3.8, 4) is 11.3 Å². The third-order valence-electron chi connectivity index (χ3n) is 7.24. The molecule has 0 saturated carbocycles. The standard InChI is InChI=1S/C25H28N6O/c1-17-11-19(14-29-13-18(2)26-24(17)29)21-12-23(32)31-15-20(5-6-22(31)27-21)28-9-10-30-8-4-7-25(30,3)16-28/h5-6,11-15H,4,7-10,16H2,1-3H3/t25-/m0/s1. The van der Waals surface area contributed by atoms with E-state index < -0.39 is 0 Å². The molecule has 6 heterocycles. The fraction of sp³-hybridized carbons (Fsp3) is 0.400. The first-order valence-electron chi connectivity index (χ1n) is 11.4. The molecule has 0 bridgehead atoms. The second kappa shape index (κ2) is 6.90. The lowest BCUT2D eigenvalue weighted by Gasteiger charge is -2.46. The van der Waals surface area contributed by atoms with E-state index in [0.29, 0.717) is 11.3 Å². The molecule has 0 aliphatic carbocycles. The number of rotatable bonds is 2. The van der Waals surface area contributed by atoms with Crippen molar-refractivity contribution in [2.24, 2.45) is 0 Å². The number of hydrogen-bond donors (Lipinski definition) is 0. The first-order valence-corrected chi connectivity index (χ1v) is 11.4. The summed E-state index contributed by atoms with van der Waals surface area (Å²) in [6.07, 6.45) is 8.46. The largest absolute Gasteiger partial charge is 0.367 e. The number of imidazole rings is 1. The molecule has 2 fully saturated rings. The Morgan fingerprint density at radius 3 is 2.75 bits per heavy atom. The molecule has 2 aliphatic rings. The molecule has 0 spiro atoms. The van der Waals surface area contributed by atoms with Gasteiger partial charge in [0, 0.05) is 55.4 Å². The van der Waals surface area contributed by atoms with Gasteiger partial charge in [-0.2, -0.15) is 0 Å². The molecule has 164 valence electrons. The highest BCUT2D eigenvalue weighted by Crippen LogP contribution is 2.34. The summed E-state index contributed by atoms with van der Waals surface area (Å²) in [5, 5.41) is 0. The third-order valence-corrected chi connectivity index (χ3v) is 7.24. The second-order valence-corrected chi connectivity index (χ2v) is 9.63. The van der Waals surface area contributed by atoms with Crippen LogP contribution >= 0.6 is 0 Å². The van der Waals surface area contributed by atoms with Gasteiger partial charge in [0.1, 0.15) is 11.3 Å². The molecule has 32 heavy (non-hydrogen) atoms. The fourth-order valence-corrected chi connectivity index (χ4v) is 5.55. The number of piperazine rings is 1. The Hall–Kier alpha value is -3.19. The van der Waals surface area contributed by atoms with Crippen LogP contribution in [0.15, 0.2) is 47.7 Å². The number of anilines is 1. The average Bonchev–Trinajstić information content (AvgIpc) is 3.34. The maximum absolute atomic E-state index is 13.1. The molecule has 2 aliphatic heterocycles. The summed E-state index contributed by atoms with van der Waals surface area (Å²) in [6, 6.07) is 7.76. The van der Waals surface area contributed by atoms with Gasteiger partial charge in [0.15, 0.2) is 0 Å². The quantitative estimate of drug-likeness (QED) is 0.490. The Morgan fingerprint density at radius 1 is 1.00 bits per heavy atom. The molecule has 2 saturated heterocycles. The molecule has 0 amide bonds. The van der Waals surface area contributed by atoms with Crippen molar-refractivity contribution in [2.45, 2.75) is 39.2 Å². The maximum atomic E-state index is 13.1. The predicted octanol–water partition coefficient (Wildman–Crippen LogP) is 3.30. The molecule has 7 heteroatoms. The zero-order valence-electron chi connectivity index (χ0n) is 18.9. The van der Waals surface area contributed by atoms with Gasteiger partial charge in [0.05, 0.1) is 17.1 Å². The number of aryl methyl sites for hydroxylation is 2. The highest BCUT2D eigenvalue weighted by molar-refractivity contribution is 5.66. The van der Waals surface area contributed by atoms with Crippen LogP contribution in [0.4, 0.5) is 5.69 Å². The number of aromatic nitrogens is 4. The second-order valence-electron chi connectivity index (χ2n) is 9.63. The highest BCUT2D eigenvalue weighted by Gasteiger charge is 2.41. The first kappa shape index (κ1) is 19.5. The number of hydrogen-bond acceptors (Lipinski definition) is 5. The molecule has 1 atom stereocenters. The van der Waals surface area contributed by atoms with Gasteiger partial charge in [-0.15, -0.1) is 0 Å². The summed E-state index contributed by atoms with van der Waals surface area (Å²) in [5.41, 5.74) is 6.51. The number of nitrogens with zero attached hydrogens (tertiary/aromatic N) is 6. The number of pyridine rings is 2. The minimum Gasteiger partial charge on any atom is -0.367 e. The van der Waals surface area contributed by atoms with Crippen LogP contribution in [0.25, 0.3) is 22.6 Å². The monoisotopic (exact) mass is 428 g/mol. The highest BCUT2D eigenvalue weighted by atomic mass is 16.1. The minimum atomic E-state index is -0.0582. The Kier molecular flexibility index (Phi) is 4.21. The summed E-state index contributed by atoms with van der Waals surface area (Å²) >= 11 is 0. The van der Waals surface area contributed by atoms with E-state index in [1.807, 2.05) is 42.9 Å². The van der Waals surface area contributed by atoms with Crippen molar-refractivity contribution in [3.63, 3.8) is 0 Å². The van der Waals surface area contributed by atoms with E-state index in [-0.39, 0.29) is 11.1 Å². The van der Waals surface area contributed by atoms with E-state index >= 15 is 0 Å². The smallest absolute Gasteiger partial charge is 0.258 e. The molecule has 0 unspecified atom stereocenters. The van der Waals surface area contributed by atoms with Crippen LogP contribution in [-0.4, -0.2) is 55.4 Å². The van der Waals surface area contributed by atoms with Gasteiger partial charge in [-0.3, -0.25) is 14.1 Å². The summed E-state index contributed by atoms with van der Waals surface area (Å²) in [7, 11) is 0. The van der Waals surface area contributed by atoms with Crippen LogP contribution in [0.1, 0.15) is 31.0 Å². The average molecular weight is 429 g/mol. The van der Waals surface area contributed by atoms with Gasteiger partial charge in [-0.1, -0.05) is 0 Å². The summed E-state index contributed by atoms with van der Waals surface area (Å²) < 4.78 is 3.69. The van der Waals surface area contributed by atoms with E-state index in [2.05, 4.69) is 33.8 Å². The molecule has 0 radical (unpaired) electrons. The van der Waals surface area contributed by atoms with Crippen LogP contribution in [0.5, 0.6) is 0 Å². The predicted molar refractivity (Wildman–Crippen MR) is 127 cm³/mol. The molecular weight excluding hydrogens is 400 g/mol. The number of fused-ring (bicyclic) bond motifs is 3. The van der Waals surface area contributed by atoms with Gasteiger partial charge >= 0.3 is 0 Å². The molecule has 4 aromatic rings. The van der Waals surface area contributed by atoms with E-state index in [1.165, 1.54) is 19.4 Å². The van der Waals surface area contributed by atoms with E-state index in [4.69, 9.17) is 4.98 Å². The molecular formula is C25H28N6O. The summed E-state index contributed by atoms with van der Waals surface area (Å²) in [4.78, 5) is 27.5. The zero-order chi connectivity index (χ0) is 22.0. The van der Waals surface area contributed by atoms with Crippen LogP contribution in [0.2, 0.25) is 0 Å². The summed E-state index contributed by atoms with van der Waals surface area (Å²) in [5.74, 6) is 0. The Bertz CT molecular complexity index is 1420. The maximum Gasteiger partial charge on any atom is 0.258 e.